The fourth-order valence-corrected chi connectivity index (χ4v) is 8.45. The molecule has 11 heteroatoms. The number of aromatic nitrogens is 4. The van der Waals surface area contributed by atoms with Crippen LogP contribution < -0.4 is 0 Å². The van der Waals surface area contributed by atoms with Gasteiger partial charge in [-0.15, -0.1) is 0 Å². The van der Waals surface area contributed by atoms with E-state index in [-0.39, 0.29) is 17.4 Å². The molecule has 4 heterocycles. The lowest BCUT2D eigenvalue weighted by Gasteiger charge is -2.38. The second-order valence-corrected chi connectivity index (χ2v) is 12.7. The molecule has 0 bridgehead atoms. The van der Waals surface area contributed by atoms with Crippen LogP contribution in [0.15, 0.2) is 30.1 Å². The summed E-state index contributed by atoms with van der Waals surface area (Å²) in [6.45, 7) is 5.88. The summed E-state index contributed by atoms with van der Waals surface area (Å²) in [6.07, 6.45) is 2.11. The fraction of sp³-hybridized carbons (Fsp3) is 0.609. The molecule has 6 rings (SSSR count). The fourth-order valence-electron chi connectivity index (χ4n) is 6.20. The largest absolute Gasteiger partial charge is 0.451 e. The van der Waals surface area contributed by atoms with Crippen molar-refractivity contribution in [1.29, 1.82) is 0 Å². The van der Waals surface area contributed by atoms with Gasteiger partial charge in [-0.25, -0.2) is 18.4 Å². The van der Waals surface area contributed by atoms with Gasteiger partial charge in [0.25, 0.3) is 0 Å². The number of allylic oxidation sites excluding steroid dienone is 1. The van der Waals surface area contributed by atoms with E-state index in [0.717, 1.165) is 31.6 Å². The summed E-state index contributed by atoms with van der Waals surface area (Å²) < 4.78 is 63.7. The van der Waals surface area contributed by atoms with Gasteiger partial charge in [0, 0.05) is 53.6 Å². The molecule has 2 aromatic heterocycles. The van der Waals surface area contributed by atoms with Crippen LogP contribution in [-0.2, 0) is 16.0 Å². The van der Waals surface area contributed by atoms with Crippen molar-refractivity contribution in [2.75, 3.05) is 24.6 Å². The van der Waals surface area contributed by atoms with Crippen molar-refractivity contribution in [3.05, 3.63) is 41.6 Å². The van der Waals surface area contributed by atoms with E-state index in [9.17, 15) is 21.6 Å². The van der Waals surface area contributed by atoms with Crippen molar-refractivity contribution >= 4 is 9.84 Å². The number of likely N-dealkylation sites (tertiary alicyclic amines) is 1. The minimum atomic E-state index is -4.57. The second-order valence-electron chi connectivity index (χ2n) is 10.6. The molecular weight excluding hydrogens is 467 g/mol. The van der Waals surface area contributed by atoms with Gasteiger partial charge in [0.05, 0.1) is 17.2 Å². The molecule has 0 amide bonds. The number of hydrogen-bond donors (Lipinski definition) is 0. The predicted octanol–water partition coefficient (Wildman–Crippen LogP) is 3.47. The first kappa shape index (κ1) is 22.2. The highest BCUT2D eigenvalue weighted by molar-refractivity contribution is 7.92. The minimum Gasteiger partial charge on any atom is -0.296 e. The monoisotopic (exact) mass is 493 g/mol. The Bertz CT molecular complexity index is 1270. The molecule has 4 aliphatic rings. The Hall–Kier alpha value is -2.27. The van der Waals surface area contributed by atoms with E-state index in [2.05, 4.69) is 26.0 Å². The smallest absolute Gasteiger partial charge is 0.296 e. The summed E-state index contributed by atoms with van der Waals surface area (Å²) in [5.41, 5.74) is 3.47. The van der Waals surface area contributed by atoms with Crippen LogP contribution >= 0.6 is 0 Å². The zero-order chi connectivity index (χ0) is 24.0. The second kappa shape index (κ2) is 7.13. The molecule has 0 unspecified atom stereocenters. The lowest BCUT2D eigenvalue weighted by molar-refractivity contribution is -0.144. The molecule has 0 N–H and O–H groups in total. The third-order valence-corrected chi connectivity index (χ3v) is 9.83. The van der Waals surface area contributed by atoms with Crippen molar-refractivity contribution in [2.24, 2.45) is 11.3 Å². The zero-order valence-corrected chi connectivity index (χ0v) is 19.8. The quantitative estimate of drug-likeness (QED) is 0.607. The van der Waals surface area contributed by atoms with Crippen molar-refractivity contribution in [3.8, 4) is 11.3 Å². The van der Waals surface area contributed by atoms with Crippen molar-refractivity contribution in [1.82, 2.24) is 24.6 Å². The number of alkyl halides is 3. The van der Waals surface area contributed by atoms with Gasteiger partial charge in [0.15, 0.2) is 9.84 Å². The highest BCUT2D eigenvalue weighted by Crippen LogP contribution is 2.61. The number of halogens is 3. The SMILES string of the molecule is CC(C)n1nc(-c2cnc(C(F)(F)F)nc2)cc1[C@H]1C2=C[C@H](N3CCC4(C3)CS(=O)(=O)C4)C[C@@H]21. The molecule has 1 spiro atoms. The summed E-state index contributed by atoms with van der Waals surface area (Å²) in [6, 6.07) is 2.42. The third-order valence-electron chi connectivity index (χ3n) is 7.72. The van der Waals surface area contributed by atoms with Gasteiger partial charge in [0.2, 0.25) is 5.82 Å². The molecule has 2 aliphatic carbocycles. The summed E-state index contributed by atoms with van der Waals surface area (Å²) in [5.74, 6) is 0.218. The van der Waals surface area contributed by atoms with Gasteiger partial charge in [-0.2, -0.15) is 18.3 Å². The molecule has 1 saturated carbocycles. The lowest BCUT2D eigenvalue weighted by Crippen LogP contribution is -2.50. The Morgan fingerprint density at radius 1 is 1.18 bits per heavy atom. The predicted molar refractivity (Wildman–Crippen MR) is 119 cm³/mol. The van der Waals surface area contributed by atoms with Crippen LogP contribution in [0.4, 0.5) is 13.2 Å². The maximum Gasteiger partial charge on any atom is 0.451 e. The van der Waals surface area contributed by atoms with Crippen molar-refractivity contribution in [3.63, 3.8) is 0 Å². The van der Waals surface area contributed by atoms with Crippen LogP contribution in [0.1, 0.15) is 50.2 Å². The van der Waals surface area contributed by atoms with E-state index < -0.39 is 21.8 Å². The molecule has 2 aliphatic heterocycles. The molecular formula is C23H26F3N5O2S. The van der Waals surface area contributed by atoms with Gasteiger partial charge in [-0.3, -0.25) is 9.58 Å². The summed E-state index contributed by atoms with van der Waals surface area (Å²) in [7, 11) is -2.83. The number of rotatable bonds is 4. The van der Waals surface area contributed by atoms with Gasteiger partial charge in [-0.1, -0.05) is 11.6 Å². The average Bonchev–Trinajstić information content (AvgIpc) is 3.18. The maximum atomic E-state index is 12.8. The van der Waals surface area contributed by atoms with Crippen LogP contribution in [0.25, 0.3) is 11.3 Å². The average molecular weight is 494 g/mol. The Balaban J connectivity index is 1.20. The molecule has 3 fully saturated rings. The van der Waals surface area contributed by atoms with Crippen molar-refractivity contribution in [2.45, 2.75) is 50.9 Å². The van der Waals surface area contributed by atoms with Gasteiger partial charge in [0.1, 0.15) is 0 Å². The number of nitrogens with zero attached hydrogens (tertiary/aromatic N) is 5. The summed E-state index contributed by atoms with van der Waals surface area (Å²) in [4.78, 5) is 9.39. The Labute approximate surface area is 196 Å². The van der Waals surface area contributed by atoms with Gasteiger partial charge < -0.3 is 0 Å². The normalized spacial score (nSPS) is 29.4. The molecule has 2 saturated heterocycles. The first-order valence-corrected chi connectivity index (χ1v) is 13.4. The van der Waals surface area contributed by atoms with Gasteiger partial charge in [-0.05, 0) is 45.2 Å². The molecule has 182 valence electrons. The lowest BCUT2D eigenvalue weighted by atomic mass is 9.91. The van der Waals surface area contributed by atoms with Crippen LogP contribution in [0.2, 0.25) is 0 Å². The molecule has 2 aromatic rings. The van der Waals surface area contributed by atoms with Gasteiger partial charge >= 0.3 is 6.18 Å². The molecule has 34 heavy (non-hydrogen) atoms. The molecule has 0 radical (unpaired) electrons. The Morgan fingerprint density at radius 2 is 1.88 bits per heavy atom. The van der Waals surface area contributed by atoms with Crippen molar-refractivity contribution < 1.29 is 21.6 Å². The van der Waals surface area contributed by atoms with E-state index in [4.69, 9.17) is 0 Å². The van der Waals surface area contributed by atoms with E-state index in [1.54, 1.807) is 0 Å². The van der Waals surface area contributed by atoms with E-state index in [1.165, 1.54) is 18.0 Å². The minimum absolute atomic E-state index is 0.0293. The first-order valence-electron chi connectivity index (χ1n) is 11.6. The first-order chi connectivity index (χ1) is 15.9. The topological polar surface area (TPSA) is 81.0 Å². The van der Waals surface area contributed by atoms with Crippen LogP contribution in [-0.4, -0.2) is 63.7 Å². The van der Waals surface area contributed by atoms with Crippen LogP contribution in [0.3, 0.4) is 0 Å². The van der Waals surface area contributed by atoms with E-state index >= 15 is 0 Å². The summed E-state index contributed by atoms with van der Waals surface area (Å²) >= 11 is 0. The molecule has 7 nitrogen and oxygen atoms in total. The zero-order valence-electron chi connectivity index (χ0n) is 19.0. The standard InChI is InChI=1S/C23H26F3N5O2S/c1-13(2)31-19(7-18(29-31)14-8-27-21(28-9-14)23(24,25)26)20-16-5-15(6-17(16)20)30-4-3-22(10-30)11-34(32,33)12-22/h5,7-9,13,15,17,20H,3-4,6,10-12H2,1-2H3/t15-,17-,20-/m0/s1. The Kier molecular flexibility index (Phi) is 4.66. The number of sulfone groups is 1. The summed E-state index contributed by atoms with van der Waals surface area (Å²) in [5, 5.41) is 4.67. The number of fused-ring (bicyclic) bond motifs is 1. The highest BCUT2D eigenvalue weighted by atomic mass is 32.2. The maximum absolute atomic E-state index is 12.8. The number of hydrogen-bond acceptors (Lipinski definition) is 6. The molecule has 0 aromatic carbocycles. The molecule has 3 atom stereocenters. The van der Waals surface area contributed by atoms with E-state index in [0.29, 0.717) is 34.7 Å². The third kappa shape index (κ3) is 3.59. The Morgan fingerprint density at radius 3 is 2.44 bits per heavy atom. The van der Waals surface area contributed by atoms with Crippen LogP contribution in [0.5, 0.6) is 0 Å². The van der Waals surface area contributed by atoms with E-state index in [1.807, 2.05) is 24.6 Å². The van der Waals surface area contributed by atoms with Crippen LogP contribution in [0, 0.1) is 11.3 Å². The highest BCUT2D eigenvalue weighted by Gasteiger charge is 2.56.